The SMILES string of the molecule is CCCCCCC[CH2][Sn]([CH3])([CH3])[CH3]. The van der Waals surface area contributed by atoms with Crippen molar-refractivity contribution in [3.05, 3.63) is 0 Å². The van der Waals surface area contributed by atoms with E-state index < -0.39 is 18.4 Å². The minimum absolute atomic E-state index is 1.37. The molecule has 0 atom stereocenters. The zero-order valence-electron chi connectivity index (χ0n) is 9.45. The van der Waals surface area contributed by atoms with Gasteiger partial charge in [0.2, 0.25) is 0 Å². The first-order valence-corrected chi connectivity index (χ1v) is 16.1. The van der Waals surface area contributed by atoms with E-state index in [-0.39, 0.29) is 0 Å². The summed E-state index contributed by atoms with van der Waals surface area (Å²) >= 11 is -1.38. The molecule has 1 heteroatoms. The van der Waals surface area contributed by atoms with E-state index in [0.717, 1.165) is 0 Å². The van der Waals surface area contributed by atoms with E-state index in [4.69, 9.17) is 0 Å². The predicted molar refractivity (Wildman–Crippen MR) is 61.5 cm³/mol. The van der Waals surface area contributed by atoms with Crippen LogP contribution in [0.2, 0.25) is 19.3 Å². The Morgan fingerprint density at radius 2 is 1.25 bits per heavy atom. The molecule has 0 bridgehead atoms. The van der Waals surface area contributed by atoms with Crippen LogP contribution in [0.25, 0.3) is 0 Å². The van der Waals surface area contributed by atoms with Gasteiger partial charge in [-0.25, -0.2) is 0 Å². The molecule has 0 spiro atoms. The molecule has 0 heterocycles. The van der Waals surface area contributed by atoms with Gasteiger partial charge >= 0.3 is 83.1 Å². The van der Waals surface area contributed by atoms with Crippen molar-refractivity contribution in [3.63, 3.8) is 0 Å². The van der Waals surface area contributed by atoms with Crippen LogP contribution in [0.3, 0.4) is 0 Å². The van der Waals surface area contributed by atoms with Crippen LogP contribution in [0.1, 0.15) is 45.4 Å². The monoisotopic (exact) mass is 278 g/mol. The van der Waals surface area contributed by atoms with Gasteiger partial charge in [0.25, 0.3) is 0 Å². The fourth-order valence-corrected chi connectivity index (χ4v) is 5.18. The molecule has 0 aromatic heterocycles. The van der Waals surface area contributed by atoms with Crippen LogP contribution in [-0.4, -0.2) is 18.4 Å². The van der Waals surface area contributed by atoms with E-state index in [1.165, 1.54) is 38.5 Å². The van der Waals surface area contributed by atoms with Gasteiger partial charge in [0, 0.05) is 0 Å². The molecule has 0 aromatic rings. The van der Waals surface area contributed by atoms with Crippen LogP contribution in [0, 0.1) is 0 Å². The van der Waals surface area contributed by atoms with Gasteiger partial charge in [0.05, 0.1) is 0 Å². The van der Waals surface area contributed by atoms with E-state index in [9.17, 15) is 0 Å². The molecule has 0 unspecified atom stereocenters. The van der Waals surface area contributed by atoms with Crippen LogP contribution in [0.4, 0.5) is 0 Å². The zero-order chi connectivity index (χ0) is 9.45. The summed E-state index contributed by atoms with van der Waals surface area (Å²) in [5, 5.41) is 0. The summed E-state index contributed by atoms with van der Waals surface area (Å²) in [5.74, 6) is 0. The Bertz CT molecular complexity index is 91.7. The molecule has 0 nitrogen and oxygen atoms in total. The average Bonchev–Trinajstić information content (AvgIpc) is 1.94. The Morgan fingerprint density at radius 3 is 1.75 bits per heavy atom. The third-order valence-corrected chi connectivity index (χ3v) is 7.57. The molecular formula is C11H26Sn. The molecular weight excluding hydrogens is 251 g/mol. The second-order valence-electron chi connectivity index (χ2n) is 5.08. The predicted octanol–water partition coefficient (Wildman–Crippen LogP) is 4.69. The third kappa shape index (κ3) is 10.8. The number of hydrogen-bond acceptors (Lipinski definition) is 0. The quantitative estimate of drug-likeness (QED) is 0.468. The van der Waals surface area contributed by atoms with Gasteiger partial charge in [-0.3, -0.25) is 0 Å². The Balaban J connectivity index is 3.01. The van der Waals surface area contributed by atoms with Crippen LogP contribution in [-0.2, 0) is 0 Å². The second-order valence-corrected chi connectivity index (χ2v) is 21.1. The van der Waals surface area contributed by atoms with Crippen molar-refractivity contribution in [2.45, 2.75) is 64.7 Å². The zero-order valence-corrected chi connectivity index (χ0v) is 12.3. The molecule has 12 heavy (non-hydrogen) atoms. The van der Waals surface area contributed by atoms with Gasteiger partial charge in [-0.1, -0.05) is 0 Å². The fourth-order valence-electron chi connectivity index (χ4n) is 1.44. The molecule has 0 aliphatic heterocycles. The molecule has 0 saturated heterocycles. The van der Waals surface area contributed by atoms with Gasteiger partial charge in [-0.2, -0.15) is 0 Å². The molecule has 74 valence electrons. The van der Waals surface area contributed by atoms with E-state index in [1.54, 1.807) is 4.44 Å². The van der Waals surface area contributed by atoms with Gasteiger partial charge in [0.1, 0.15) is 0 Å². The molecule has 0 aliphatic rings. The Labute approximate surface area is 83.0 Å². The maximum absolute atomic E-state index is 2.54. The molecule has 0 N–H and O–H groups in total. The van der Waals surface area contributed by atoms with Crippen molar-refractivity contribution < 1.29 is 0 Å². The Kier molecular flexibility index (Phi) is 7.71. The first-order chi connectivity index (χ1) is 5.56. The van der Waals surface area contributed by atoms with Gasteiger partial charge in [-0.05, 0) is 0 Å². The number of rotatable bonds is 7. The molecule has 0 aliphatic carbocycles. The molecule has 0 rings (SSSR count). The molecule has 0 amide bonds. The van der Waals surface area contributed by atoms with Crippen LogP contribution < -0.4 is 0 Å². The second kappa shape index (κ2) is 7.23. The van der Waals surface area contributed by atoms with Gasteiger partial charge < -0.3 is 0 Å². The summed E-state index contributed by atoms with van der Waals surface area (Å²) in [6.45, 7) is 2.28. The van der Waals surface area contributed by atoms with E-state index in [0.29, 0.717) is 0 Å². The van der Waals surface area contributed by atoms with Crippen molar-refractivity contribution in [2.24, 2.45) is 0 Å². The van der Waals surface area contributed by atoms with Crippen LogP contribution in [0.5, 0.6) is 0 Å². The van der Waals surface area contributed by atoms with Crippen molar-refractivity contribution in [2.75, 3.05) is 0 Å². The van der Waals surface area contributed by atoms with Gasteiger partial charge in [-0.15, -0.1) is 0 Å². The van der Waals surface area contributed by atoms with Crippen LogP contribution in [0.15, 0.2) is 0 Å². The summed E-state index contributed by atoms with van der Waals surface area (Å²) in [4.78, 5) is 7.63. The van der Waals surface area contributed by atoms with Crippen molar-refractivity contribution in [1.29, 1.82) is 0 Å². The summed E-state index contributed by atoms with van der Waals surface area (Å²) in [5.41, 5.74) is 0. The van der Waals surface area contributed by atoms with E-state index in [2.05, 4.69) is 21.7 Å². The molecule has 0 radical (unpaired) electrons. The third-order valence-electron chi connectivity index (χ3n) is 2.28. The number of hydrogen-bond donors (Lipinski definition) is 0. The van der Waals surface area contributed by atoms with E-state index >= 15 is 0 Å². The maximum atomic E-state index is 2.54. The Hall–Kier alpha value is 0.799. The molecule has 0 fully saturated rings. The van der Waals surface area contributed by atoms with Crippen molar-refractivity contribution >= 4 is 18.4 Å². The topological polar surface area (TPSA) is 0 Å². The fraction of sp³-hybridized carbons (Fsp3) is 1.00. The molecule has 0 aromatic carbocycles. The normalized spacial score (nSPS) is 12.0. The summed E-state index contributed by atoms with van der Waals surface area (Å²) in [6.07, 6.45) is 8.78. The van der Waals surface area contributed by atoms with Crippen LogP contribution >= 0.6 is 0 Å². The van der Waals surface area contributed by atoms with E-state index in [1.807, 2.05) is 0 Å². The van der Waals surface area contributed by atoms with Gasteiger partial charge in [0.15, 0.2) is 0 Å². The Morgan fingerprint density at radius 1 is 0.750 bits per heavy atom. The summed E-state index contributed by atoms with van der Waals surface area (Å²) in [6, 6.07) is 0. The first kappa shape index (κ1) is 12.8. The summed E-state index contributed by atoms with van der Waals surface area (Å²) < 4.78 is 1.60. The van der Waals surface area contributed by atoms with Crippen molar-refractivity contribution in [1.82, 2.24) is 0 Å². The first-order valence-electron chi connectivity index (χ1n) is 5.56. The van der Waals surface area contributed by atoms with Crippen molar-refractivity contribution in [3.8, 4) is 0 Å². The summed E-state index contributed by atoms with van der Waals surface area (Å²) in [7, 11) is 0. The standard InChI is InChI=1S/C8H17.3CH3.Sn/c1-3-5-7-8-6-4-2;;;;/h1,3-8H2,2H3;3*1H3;. The average molecular weight is 277 g/mol. The molecule has 0 saturated carbocycles. The minimum atomic E-state index is -1.38. The number of unbranched alkanes of at least 4 members (excludes halogenated alkanes) is 5.